The molecular weight excluding hydrogens is 254 g/mol. The standard InChI is InChI=1S/C16H13NO3/c18-12-17-15-8-4-7-14(9-15)11-20-16(19)10-13-5-2-1-3-6-13/h1-9H,10-11H2. The van der Waals surface area contributed by atoms with Gasteiger partial charge in [-0.15, -0.1) is 0 Å². The molecule has 0 aliphatic carbocycles. The zero-order chi connectivity index (χ0) is 14.2. The number of esters is 1. The van der Waals surface area contributed by atoms with Gasteiger partial charge in [0.1, 0.15) is 6.61 Å². The molecular formula is C16H13NO3. The third kappa shape index (κ3) is 4.19. The maximum absolute atomic E-state index is 11.7. The normalized spacial score (nSPS) is 9.60. The number of isocyanates is 1. The molecule has 0 radical (unpaired) electrons. The number of nitrogens with zero attached hydrogens (tertiary/aromatic N) is 1. The Hall–Kier alpha value is -2.71. The van der Waals surface area contributed by atoms with E-state index in [1.807, 2.05) is 30.3 Å². The Kier molecular flexibility index (Phi) is 4.81. The molecule has 0 bridgehead atoms. The van der Waals surface area contributed by atoms with Crippen LogP contribution in [0.15, 0.2) is 59.6 Å². The topological polar surface area (TPSA) is 55.7 Å². The lowest BCUT2D eigenvalue weighted by molar-refractivity contribution is -0.144. The predicted octanol–water partition coefficient (Wildman–Crippen LogP) is 2.94. The van der Waals surface area contributed by atoms with Crippen molar-refractivity contribution in [2.75, 3.05) is 0 Å². The molecule has 0 aromatic heterocycles. The number of hydrogen-bond acceptors (Lipinski definition) is 4. The molecule has 0 saturated heterocycles. The number of carbonyl (C=O) groups is 1. The number of aliphatic imine (C=N–C) groups is 1. The molecule has 0 N–H and O–H groups in total. The molecule has 0 spiro atoms. The Morgan fingerprint density at radius 2 is 1.80 bits per heavy atom. The SMILES string of the molecule is O=C=Nc1cccc(COC(=O)Cc2ccccc2)c1. The van der Waals surface area contributed by atoms with Gasteiger partial charge in [-0.1, -0.05) is 42.5 Å². The van der Waals surface area contributed by atoms with E-state index in [0.29, 0.717) is 5.69 Å². The van der Waals surface area contributed by atoms with Crippen LogP contribution in [0.4, 0.5) is 5.69 Å². The minimum Gasteiger partial charge on any atom is -0.461 e. The molecule has 4 heteroatoms. The molecule has 0 unspecified atom stereocenters. The number of ether oxygens (including phenoxy) is 1. The van der Waals surface area contributed by atoms with Crippen molar-refractivity contribution < 1.29 is 14.3 Å². The van der Waals surface area contributed by atoms with Crippen molar-refractivity contribution in [3.63, 3.8) is 0 Å². The van der Waals surface area contributed by atoms with E-state index in [2.05, 4.69) is 4.99 Å². The summed E-state index contributed by atoms with van der Waals surface area (Å²) in [6.45, 7) is 0.161. The minimum absolute atomic E-state index is 0.161. The summed E-state index contributed by atoms with van der Waals surface area (Å²) in [5.41, 5.74) is 2.19. The summed E-state index contributed by atoms with van der Waals surface area (Å²) in [5, 5.41) is 0. The van der Waals surface area contributed by atoms with Crippen LogP contribution >= 0.6 is 0 Å². The van der Waals surface area contributed by atoms with E-state index in [1.165, 1.54) is 6.08 Å². The molecule has 0 saturated carbocycles. The van der Waals surface area contributed by atoms with Gasteiger partial charge in [0, 0.05) is 0 Å². The van der Waals surface area contributed by atoms with Gasteiger partial charge in [-0.05, 0) is 23.3 Å². The van der Waals surface area contributed by atoms with Gasteiger partial charge in [-0.25, -0.2) is 4.79 Å². The average molecular weight is 267 g/mol. The van der Waals surface area contributed by atoms with Crippen LogP contribution in [0.5, 0.6) is 0 Å². The summed E-state index contributed by atoms with van der Waals surface area (Å²) in [6, 6.07) is 16.3. The number of rotatable bonds is 5. The van der Waals surface area contributed by atoms with Gasteiger partial charge in [0.15, 0.2) is 0 Å². The largest absolute Gasteiger partial charge is 0.461 e. The molecule has 100 valence electrons. The highest BCUT2D eigenvalue weighted by molar-refractivity contribution is 5.72. The van der Waals surface area contributed by atoms with Gasteiger partial charge in [0.2, 0.25) is 6.08 Å². The maximum Gasteiger partial charge on any atom is 0.310 e. The summed E-state index contributed by atoms with van der Waals surface area (Å²) in [6.07, 6.45) is 1.72. The number of benzene rings is 2. The van der Waals surface area contributed by atoms with Crippen molar-refractivity contribution in [1.82, 2.24) is 0 Å². The van der Waals surface area contributed by atoms with Crippen LogP contribution in [0.25, 0.3) is 0 Å². The Labute approximate surface area is 116 Å². The van der Waals surface area contributed by atoms with Crippen molar-refractivity contribution >= 4 is 17.7 Å². The Morgan fingerprint density at radius 1 is 1.05 bits per heavy atom. The van der Waals surface area contributed by atoms with Crippen LogP contribution in [0.3, 0.4) is 0 Å². The smallest absolute Gasteiger partial charge is 0.310 e. The molecule has 0 heterocycles. The Balaban J connectivity index is 1.90. The first-order chi connectivity index (χ1) is 9.78. The predicted molar refractivity (Wildman–Crippen MR) is 74.2 cm³/mol. The third-order valence-corrected chi connectivity index (χ3v) is 2.68. The van der Waals surface area contributed by atoms with E-state index >= 15 is 0 Å². The molecule has 2 aromatic rings. The molecule has 4 nitrogen and oxygen atoms in total. The third-order valence-electron chi connectivity index (χ3n) is 2.68. The van der Waals surface area contributed by atoms with Crippen LogP contribution in [0, 0.1) is 0 Å². The first kappa shape index (κ1) is 13.7. The zero-order valence-electron chi connectivity index (χ0n) is 10.8. The van der Waals surface area contributed by atoms with Gasteiger partial charge in [0.25, 0.3) is 0 Å². The molecule has 2 aromatic carbocycles. The average Bonchev–Trinajstić information content (AvgIpc) is 2.47. The fourth-order valence-corrected chi connectivity index (χ4v) is 1.75. The highest BCUT2D eigenvalue weighted by Gasteiger charge is 2.05. The summed E-state index contributed by atoms with van der Waals surface area (Å²) < 4.78 is 5.19. The number of hydrogen-bond donors (Lipinski definition) is 0. The fraction of sp³-hybridized carbons (Fsp3) is 0.125. The lowest BCUT2D eigenvalue weighted by Crippen LogP contribution is -2.07. The highest BCUT2D eigenvalue weighted by Crippen LogP contribution is 2.14. The lowest BCUT2D eigenvalue weighted by atomic mass is 10.1. The molecule has 0 aliphatic heterocycles. The Bertz CT molecular complexity index is 631. The van der Waals surface area contributed by atoms with Crippen LogP contribution in [0.2, 0.25) is 0 Å². The van der Waals surface area contributed by atoms with Crippen molar-refractivity contribution in [1.29, 1.82) is 0 Å². The highest BCUT2D eigenvalue weighted by atomic mass is 16.5. The van der Waals surface area contributed by atoms with Crippen molar-refractivity contribution in [2.24, 2.45) is 4.99 Å². The second-order valence-electron chi connectivity index (χ2n) is 4.20. The van der Waals surface area contributed by atoms with E-state index in [4.69, 9.17) is 4.74 Å². The van der Waals surface area contributed by atoms with Crippen molar-refractivity contribution in [2.45, 2.75) is 13.0 Å². The van der Waals surface area contributed by atoms with Crippen LogP contribution < -0.4 is 0 Å². The quantitative estimate of drug-likeness (QED) is 0.475. The van der Waals surface area contributed by atoms with Crippen LogP contribution in [-0.4, -0.2) is 12.0 Å². The molecule has 0 aliphatic rings. The van der Waals surface area contributed by atoms with Crippen LogP contribution in [0.1, 0.15) is 11.1 Å². The lowest BCUT2D eigenvalue weighted by Gasteiger charge is -2.05. The van der Waals surface area contributed by atoms with Gasteiger partial charge in [0.05, 0.1) is 12.1 Å². The second kappa shape index (κ2) is 7.02. The van der Waals surface area contributed by atoms with Gasteiger partial charge in [-0.2, -0.15) is 4.99 Å². The van der Waals surface area contributed by atoms with E-state index in [0.717, 1.165) is 11.1 Å². The molecule has 2 rings (SSSR count). The summed E-state index contributed by atoms with van der Waals surface area (Å²) >= 11 is 0. The summed E-state index contributed by atoms with van der Waals surface area (Å²) in [4.78, 5) is 25.4. The monoisotopic (exact) mass is 267 g/mol. The summed E-state index contributed by atoms with van der Waals surface area (Å²) in [7, 11) is 0. The minimum atomic E-state index is -0.291. The van der Waals surface area contributed by atoms with Gasteiger partial charge < -0.3 is 4.74 Å². The second-order valence-corrected chi connectivity index (χ2v) is 4.20. The molecule has 0 amide bonds. The fourth-order valence-electron chi connectivity index (χ4n) is 1.75. The van der Waals surface area contributed by atoms with Crippen molar-refractivity contribution in [3.8, 4) is 0 Å². The van der Waals surface area contributed by atoms with Gasteiger partial charge in [-0.3, -0.25) is 4.79 Å². The zero-order valence-corrected chi connectivity index (χ0v) is 10.8. The van der Waals surface area contributed by atoms with Crippen molar-refractivity contribution in [3.05, 3.63) is 65.7 Å². The summed E-state index contributed by atoms with van der Waals surface area (Å²) in [5.74, 6) is -0.291. The Morgan fingerprint density at radius 3 is 2.55 bits per heavy atom. The van der Waals surface area contributed by atoms with Crippen LogP contribution in [-0.2, 0) is 27.4 Å². The number of carbonyl (C=O) groups excluding carboxylic acids is 2. The van der Waals surface area contributed by atoms with E-state index in [-0.39, 0.29) is 19.0 Å². The molecule has 0 fully saturated rings. The maximum atomic E-state index is 11.7. The van der Waals surface area contributed by atoms with Gasteiger partial charge >= 0.3 is 5.97 Å². The van der Waals surface area contributed by atoms with E-state index in [1.54, 1.807) is 24.3 Å². The molecule has 20 heavy (non-hydrogen) atoms. The van der Waals surface area contributed by atoms with E-state index in [9.17, 15) is 9.59 Å². The first-order valence-electron chi connectivity index (χ1n) is 6.14. The molecule has 0 atom stereocenters. The van der Waals surface area contributed by atoms with E-state index < -0.39 is 0 Å². The first-order valence-corrected chi connectivity index (χ1v) is 6.14.